The van der Waals surface area contributed by atoms with Gasteiger partial charge in [-0.2, -0.15) is 0 Å². The largest absolute Gasteiger partial charge is 0.385 e. The van der Waals surface area contributed by atoms with E-state index in [0.29, 0.717) is 37.3 Å². The molecule has 2 heterocycles. The molecule has 1 aromatic heterocycles. The molecule has 0 radical (unpaired) electrons. The van der Waals surface area contributed by atoms with Gasteiger partial charge < -0.3 is 15.3 Å². The van der Waals surface area contributed by atoms with Crippen LogP contribution in [0.4, 0.5) is 5.82 Å². The molecule has 0 aliphatic carbocycles. The quantitative estimate of drug-likeness (QED) is 0.870. The summed E-state index contributed by atoms with van der Waals surface area (Å²) in [6, 6.07) is 12.8. The first kappa shape index (κ1) is 19.0. The zero-order chi connectivity index (χ0) is 19.4. The van der Waals surface area contributed by atoms with Crippen molar-refractivity contribution in [3.8, 4) is 0 Å². The van der Waals surface area contributed by atoms with E-state index in [4.69, 9.17) is 0 Å². The van der Waals surface area contributed by atoms with E-state index in [-0.39, 0.29) is 17.7 Å². The molecule has 0 spiro atoms. The van der Waals surface area contributed by atoms with Crippen molar-refractivity contribution < 1.29 is 14.7 Å². The second-order valence-corrected chi connectivity index (χ2v) is 7.26. The van der Waals surface area contributed by atoms with E-state index in [1.54, 1.807) is 30.9 Å². The maximum atomic E-state index is 12.8. The number of anilines is 1. The zero-order valence-electron chi connectivity index (χ0n) is 15.7. The van der Waals surface area contributed by atoms with Crippen LogP contribution in [-0.4, -0.2) is 39.9 Å². The highest BCUT2D eigenvalue weighted by Crippen LogP contribution is 2.33. The van der Waals surface area contributed by atoms with Gasteiger partial charge in [-0.1, -0.05) is 44.2 Å². The first-order chi connectivity index (χ1) is 12.9. The van der Waals surface area contributed by atoms with Crippen LogP contribution in [0.25, 0.3) is 0 Å². The smallest absolute Gasteiger partial charge is 0.254 e. The van der Waals surface area contributed by atoms with Crippen LogP contribution in [0.2, 0.25) is 0 Å². The molecule has 0 unspecified atom stereocenters. The van der Waals surface area contributed by atoms with Crippen LogP contribution in [0, 0.1) is 5.92 Å². The number of carbonyl (C=O) groups excluding carboxylic acids is 2. The van der Waals surface area contributed by atoms with Crippen molar-refractivity contribution in [2.45, 2.75) is 32.3 Å². The zero-order valence-corrected chi connectivity index (χ0v) is 15.7. The fourth-order valence-electron chi connectivity index (χ4n) is 3.20. The normalized spacial score (nSPS) is 16.2. The van der Waals surface area contributed by atoms with Gasteiger partial charge in [-0.3, -0.25) is 9.59 Å². The molecule has 6 heteroatoms. The maximum absolute atomic E-state index is 12.8. The van der Waals surface area contributed by atoms with Crippen LogP contribution >= 0.6 is 0 Å². The highest BCUT2D eigenvalue weighted by atomic mass is 16.3. The monoisotopic (exact) mass is 367 g/mol. The van der Waals surface area contributed by atoms with Crippen molar-refractivity contribution in [3.63, 3.8) is 0 Å². The molecule has 1 aliphatic heterocycles. The van der Waals surface area contributed by atoms with Gasteiger partial charge in [-0.25, -0.2) is 4.98 Å². The third kappa shape index (κ3) is 4.34. The van der Waals surface area contributed by atoms with Gasteiger partial charge in [0.1, 0.15) is 5.82 Å². The molecule has 2 N–H and O–H groups in total. The molecule has 1 aromatic carbocycles. The molecular formula is C21H25N3O3. The minimum atomic E-state index is -0.896. The number of benzene rings is 1. The number of likely N-dealkylation sites (tertiary alicyclic amines) is 1. The molecule has 0 bridgehead atoms. The Hall–Kier alpha value is -2.73. The van der Waals surface area contributed by atoms with Crippen LogP contribution in [0.3, 0.4) is 0 Å². The van der Waals surface area contributed by atoms with Gasteiger partial charge in [-0.15, -0.1) is 0 Å². The number of piperidine rings is 1. The van der Waals surface area contributed by atoms with Crippen LogP contribution in [-0.2, 0) is 10.4 Å². The summed E-state index contributed by atoms with van der Waals surface area (Å²) in [5.74, 6) is -0.0492. The van der Waals surface area contributed by atoms with Crippen LogP contribution in [0.1, 0.15) is 42.6 Å². The average molecular weight is 367 g/mol. The highest BCUT2D eigenvalue weighted by Gasteiger charge is 2.35. The van der Waals surface area contributed by atoms with E-state index < -0.39 is 5.60 Å². The average Bonchev–Trinajstić information content (AvgIpc) is 2.69. The number of hydrogen-bond acceptors (Lipinski definition) is 4. The summed E-state index contributed by atoms with van der Waals surface area (Å²) in [6.07, 6.45) is 2.50. The molecule has 142 valence electrons. The SMILES string of the molecule is CC(C)C(=O)Nc1cc(C(=O)N2CCC(O)(c3ccccc3)CC2)ccn1. The number of amides is 2. The van der Waals surface area contributed by atoms with E-state index in [0.717, 1.165) is 5.56 Å². The molecular weight excluding hydrogens is 342 g/mol. The summed E-state index contributed by atoms with van der Waals surface area (Å²) in [5.41, 5.74) is 0.473. The molecule has 0 saturated carbocycles. The predicted octanol–water partition coefficient (Wildman–Crippen LogP) is 2.80. The van der Waals surface area contributed by atoms with Crippen molar-refractivity contribution in [3.05, 3.63) is 59.8 Å². The third-order valence-electron chi connectivity index (χ3n) is 4.97. The van der Waals surface area contributed by atoms with Gasteiger partial charge in [0.25, 0.3) is 5.91 Å². The summed E-state index contributed by atoms with van der Waals surface area (Å²) in [6.45, 7) is 4.54. The predicted molar refractivity (Wildman–Crippen MR) is 103 cm³/mol. The summed E-state index contributed by atoms with van der Waals surface area (Å²) in [4.78, 5) is 30.5. The number of hydrogen-bond donors (Lipinski definition) is 2. The van der Waals surface area contributed by atoms with Gasteiger partial charge >= 0.3 is 0 Å². The Balaban J connectivity index is 1.67. The third-order valence-corrected chi connectivity index (χ3v) is 4.97. The number of nitrogens with zero attached hydrogens (tertiary/aromatic N) is 2. The second-order valence-electron chi connectivity index (χ2n) is 7.26. The van der Waals surface area contributed by atoms with E-state index in [1.807, 2.05) is 30.3 Å². The Bertz CT molecular complexity index is 812. The van der Waals surface area contributed by atoms with E-state index in [1.165, 1.54) is 6.20 Å². The minimum Gasteiger partial charge on any atom is -0.385 e. The van der Waals surface area contributed by atoms with Crippen molar-refractivity contribution in [2.24, 2.45) is 5.92 Å². The molecule has 3 rings (SSSR count). The number of carbonyl (C=O) groups is 2. The first-order valence-electron chi connectivity index (χ1n) is 9.23. The van der Waals surface area contributed by atoms with E-state index >= 15 is 0 Å². The second kappa shape index (κ2) is 7.88. The summed E-state index contributed by atoms with van der Waals surface area (Å²) < 4.78 is 0. The van der Waals surface area contributed by atoms with Crippen LogP contribution < -0.4 is 5.32 Å². The van der Waals surface area contributed by atoms with Gasteiger partial charge in [0.2, 0.25) is 5.91 Å². The van der Waals surface area contributed by atoms with E-state index in [9.17, 15) is 14.7 Å². The topological polar surface area (TPSA) is 82.5 Å². The standard InChI is InChI=1S/C21H25N3O3/c1-15(2)19(25)23-18-14-16(8-11-22-18)20(26)24-12-9-21(27,10-13-24)17-6-4-3-5-7-17/h3-8,11,14-15,27H,9-10,12-13H2,1-2H3,(H,22,23,25). The number of nitrogens with one attached hydrogen (secondary N) is 1. The molecule has 1 aliphatic rings. The molecule has 27 heavy (non-hydrogen) atoms. The van der Waals surface area contributed by atoms with Crippen molar-refractivity contribution >= 4 is 17.6 Å². The van der Waals surface area contributed by atoms with E-state index in [2.05, 4.69) is 10.3 Å². The van der Waals surface area contributed by atoms with Gasteiger partial charge in [-0.05, 0) is 30.5 Å². The Labute approximate surface area is 159 Å². The first-order valence-corrected chi connectivity index (χ1v) is 9.23. The number of rotatable bonds is 4. The highest BCUT2D eigenvalue weighted by molar-refractivity contribution is 5.96. The lowest BCUT2D eigenvalue weighted by Gasteiger charge is -2.38. The Kier molecular flexibility index (Phi) is 5.56. The molecule has 0 atom stereocenters. The van der Waals surface area contributed by atoms with Crippen molar-refractivity contribution in [2.75, 3.05) is 18.4 Å². The van der Waals surface area contributed by atoms with Crippen LogP contribution in [0.15, 0.2) is 48.7 Å². The Morgan fingerprint density at radius 3 is 2.44 bits per heavy atom. The Morgan fingerprint density at radius 2 is 1.81 bits per heavy atom. The molecule has 1 fully saturated rings. The van der Waals surface area contributed by atoms with Gasteiger partial charge in [0.05, 0.1) is 5.60 Å². The minimum absolute atomic E-state index is 0.118. The fraction of sp³-hybridized carbons (Fsp3) is 0.381. The lowest BCUT2D eigenvalue weighted by atomic mass is 9.84. The summed E-state index contributed by atoms with van der Waals surface area (Å²) in [7, 11) is 0. The lowest BCUT2D eigenvalue weighted by molar-refractivity contribution is -0.118. The molecule has 2 amide bonds. The van der Waals surface area contributed by atoms with Gasteiger partial charge in [0, 0.05) is 30.8 Å². The molecule has 2 aromatic rings. The van der Waals surface area contributed by atoms with Gasteiger partial charge in [0.15, 0.2) is 0 Å². The summed E-state index contributed by atoms with van der Waals surface area (Å²) >= 11 is 0. The Morgan fingerprint density at radius 1 is 1.15 bits per heavy atom. The summed E-state index contributed by atoms with van der Waals surface area (Å²) in [5, 5.41) is 13.6. The van der Waals surface area contributed by atoms with Crippen molar-refractivity contribution in [1.29, 1.82) is 0 Å². The lowest BCUT2D eigenvalue weighted by Crippen LogP contribution is -2.45. The fourth-order valence-corrected chi connectivity index (χ4v) is 3.20. The van der Waals surface area contributed by atoms with Crippen LogP contribution in [0.5, 0.6) is 0 Å². The number of aromatic nitrogens is 1. The molecule has 1 saturated heterocycles. The number of aliphatic hydroxyl groups is 1. The number of pyridine rings is 1. The molecule has 6 nitrogen and oxygen atoms in total. The van der Waals surface area contributed by atoms with Crippen molar-refractivity contribution in [1.82, 2.24) is 9.88 Å². The maximum Gasteiger partial charge on any atom is 0.254 e.